The molecule has 0 radical (unpaired) electrons. The number of benzene rings is 2. The standard InChI is InChI=1S/C28H28N2O2/c1-16-8-11-20(12-9-16)30-27(31)24-22-15-19(18-6-4-3-5-7-18)10-13-21(22)26-23(14-17(2)29-26)25(24)28(30)32/h3-9,11-12,14,19,21-22,24-25,29H,10,13,15H2,1-2H3/t19?,21-,22+,24+,25-/m1/s1. The number of carbonyl (C=O) groups excluding carboxylic acids is 2. The maximum absolute atomic E-state index is 13.8. The van der Waals surface area contributed by atoms with Crippen molar-refractivity contribution in [2.45, 2.75) is 50.9 Å². The smallest absolute Gasteiger partial charge is 0.242 e. The Kier molecular flexibility index (Phi) is 4.39. The third-order valence-corrected chi connectivity index (χ3v) is 8.00. The third-order valence-electron chi connectivity index (χ3n) is 8.00. The Morgan fingerprint density at radius 3 is 2.41 bits per heavy atom. The van der Waals surface area contributed by atoms with Crippen LogP contribution in [0.3, 0.4) is 0 Å². The lowest BCUT2D eigenvalue weighted by Gasteiger charge is -2.43. The minimum absolute atomic E-state index is 0.0166. The van der Waals surface area contributed by atoms with Gasteiger partial charge in [-0.3, -0.25) is 9.59 Å². The van der Waals surface area contributed by atoms with Crippen molar-refractivity contribution in [3.63, 3.8) is 0 Å². The summed E-state index contributed by atoms with van der Waals surface area (Å²) in [4.78, 5) is 32.6. The van der Waals surface area contributed by atoms with Gasteiger partial charge in [0.15, 0.2) is 0 Å². The summed E-state index contributed by atoms with van der Waals surface area (Å²) in [6.07, 6.45) is 3.12. The van der Waals surface area contributed by atoms with E-state index in [9.17, 15) is 9.59 Å². The Labute approximate surface area is 188 Å². The van der Waals surface area contributed by atoms with Crippen molar-refractivity contribution in [3.05, 3.63) is 88.7 Å². The Hall–Kier alpha value is -3.14. The van der Waals surface area contributed by atoms with Gasteiger partial charge >= 0.3 is 0 Å². The van der Waals surface area contributed by atoms with E-state index < -0.39 is 0 Å². The van der Waals surface area contributed by atoms with Crippen molar-refractivity contribution in [3.8, 4) is 0 Å². The summed E-state index contributed by atoms with van der Waals surface area (Å²) in [6.45, 7) is 4.07. The molecule has 4 heteroatoms. The van der Waals surface area contributed by atoms with Crippen molar-refractivity contribution >= 4 is 17.5 Å². The largest absolute Gasteiger partial charge is 0.362 e. The summed E-state index contributed by atoms with van der Waals surface area (Å²) in [7, 11) is 0. The molecule has 1 saturated heterocycles. The van der Waals surface area contributed by atoms with Crippen LogP contribution in [0.25, 0.3) is 0 Å². The van der Waals surface area contributed by atoms with E-state index in [2.05, 4.69) is 48.3 Å². The lowest BCUT2D eigenvalue weighted by atomic mass is 9.59. The van der Waals surface area contributed by atoms with Crippen LogP contribution in [0, 0.1) is 25.7 Å². The molecule has 2 fully saturated rings. The molecule has 162 valence electrons. The van der Waals surface area contributed by atoms with Crippen LogP contribution in [0.2, 0.25) is 0 Å². The highest BCUT2D eigenvalue weighted by Gasteiger charge is 2.58. The minimum atomic E-state index is -0.375. The number of amides is 2. The second kappa shape index (κ2) is 7.19. The van der Waals surface area contributed by atoms with Crippen molar-refractivity contribution in [2.24, 2.45) is 11.8 Å². The molecule has 32 heavy (non-hydrogen) atoms. The van der Waals surface area contributed by atoms with Crippen LogP contribution in [0.5, 0.6) is 0 Å². The molecule has 5 atom stereocenters. The molecule has 2 heterocycles. The van der Waals surface area contributed by atoms with Crippen LogP contribution in [0.1, 0.15) is 65.1 Å². The van der Waals surface area contributed by atoms with Gasteiger partial charge in [0.05, 0.1) is 17.5 Å². The van der Waals surface area contributed by atoms with Gasteiger partial charge in [0, 0.05) is 17.3 Å². The number of nitrogens with one attached hydrogen (secondary N) is 1. The van der Waals surface area contributed by atoms with Crippen LogP contribution in [0.15, 0.2) is 60.7 Å². The van der Waals surface area contributed by atoms with Crippen LogP contribution in [-0.4, -0.2) is 16.8 Å². The number of nitrogens with zero attached hydrogens (tertiary/aromatic N) is 1. The molecule has 0 bridgehead atoms. The van der Waals surface area contributed by atoms with Gasteiger partial charge < -0.3 is 4.98 Å². The number of H-pyrrole nitrogens is 1. The number of aromatic amines is 1. The average molecular weight is 425 g/mol. The highest BCUT2D eigenvalue weighted by Crippen LogP contribution is 2.58. The van der Waals surface area contributed by atoms with Gasteiger partial charge in [0.1, 0.15) is 0 Å². The van der Waals surface area contributed by atoms with Gasteiger partial charge in [-0.05, 0) is 74.3 Å². The van der Waals surface area contributed by atoms with Crippen molar-refractivity contribution in [2.75, 3.05) is 4.90 Å². The monoisotopic (exact) mass is 424 g/mol. The topological polar surface area (TPSA) is 53.2 Å². The first-order valence-electron chi connectivity index (χ1n) is 11.7. The molecule has 2 amide bonds. The maximum Gasteiger partial charge on any atom is 0.242 e. The van der Waals surface area contributed by atoms with Crippen molar-refractivity contribution in [1.29, 1.82) is 0 Å². The summed E-state index contributed by atoms with van der Waals surface area (Å²) in [5, 5.41) is 0. The quantitative estimate of drug-likeness (QED) is 0.546. The summed E-state index contributed by atoms with van der Waals surface area (Å²) in [5.41, 5.74) is 6.50. The van der Waals surface area contributed by atoms with E-state index in [1.807, 2.05) is 31.2 Å². The highest BCUT2D eigenvalue weighted by atomic mass is 16.2. The average Bonchev–Trinajstić information content (AvgIpc) is 3.32. The van der Waals surface area contributed by atoms with E-state index in [0.717, 1.165) is 36.1 Å². The lowest BCUT2D eigenvalue weighted by molar-refractivity contribution is -0.123. The van der Waals surface area contributed by atoms with E-state index >= 15 is 0 Å². The van der Waals surface area contributed by atoms with Crippen LogP contribution in [0.4, 0.5) is 5.69 Å². The maximum atomic E-state index is 13.8. The minimum Gasteiger partial charge on any atom is -0.362 e. The fourth-order valence-corrected chi connectivity index (χ4v) is 6.58. The number of fused-ring (bicyclic) bond motifs is 6. The zero-order chi connectivity index (χ0) is 22.0. The van der Waals surface area contributed by atoms with E-state index in [1.165, 1.54) is 16.2 Å². The molecule has 6 rings (SSSR count). The molecule has 1 aliphatic heterocycles. The SMILES string of the molecule is Cc1ccc(N2C(=O)[C@H]3[C@H]4CC(c5ccccc5)CC[C@H]4c4[nH]c(C)cc4[C@H]3C2=O)cc1. The van der Waals surface area contributed by atoms with Gasteiger partial charge in [0.2, 0.25) is 11.8 Å². The number of imide groups is 1. The third kappa shape index (κ3) is 2.82. The molecular weight excluding hydrogens is 396 g/mol. The zero-order valence-electron chi connectivity index (χ0n) is 18.5. The number of carbonyl (C=O) groups is 2. The molecule has 1 N–H and O–H groups in total. The molecule has 0 spiro atoms. The first kappa shape index (κ1) is 19.5. The summed E-state index contributed by atoms with van der Waals surface area (Å²) in [6, 6.07) is 20.5. The first-order valence-corrected chi connectivity index (χ1v) is 11.7. The Morgan fingerprint density at radius 1 is 0.906 bits per heavy atom. The molecule has 4 nitrogen and oxygen atoms in total. The molecule has 1 aromatic heterocycles. The summed E-state index contributed by atoms with van der Waals surface area (Å²) >= 11 is 0. The van der Waals surface area contributed by atoms with Gasteiger partial charge in [-0.2, -0.15) is 0 Å². The number of anilines is 1. The molecule has 3 aromatic rings. The predicted molar refractivity (Wildman–Crippen MR) is 125 cm³/mol. The number of aryl methyl sites for hydroxylation is 2. The van der Waals surface area contributed by atoms with Crippen LogP contribution >= 0.6 is 0 Å². The van der Waals surface area contributed by atoms with Crippen LogP contribution < -0.4 is 4.90 Å². The molecule has 1 saturated carbocycles. The number of rotatable bonds is 2. The number of hydrogen-bond acceptors (Lipinski definition) is 2. The molecule has 2 aliphatic carbocycles. The predicted octanol–water partition coefficient (Wildman–Crippen LogP) is 5.59. The van der Waals surface area contributed by atoms with Gasteiger partial charge in [-0.1, -0.05) is 48.0 Å². The van der Waals surface area contributed by atoms with E-state index in [-0.39, 0.29) is 29.6 Å². The molecule has 1 unspecified atom stereocenters. The lowest BCUT2D eigenvalue weighted by Crippen LogP contribution is -2.39. The van der Waals surface area contributed by atoms with Crippen LogP contribution in [-0.2, 0) is 9.59 Å². The van der Waals surface area contributed by atoms with Gasteiger partial charge in [0.25, 0.3) is 0 Å². The number of hydrogen-bond donors (Lipinski definition) is 1. The summed E-state index contributed by atoms with van der Waals surface area (Å²) in [5.74, 6) is 0.196. The van der Waals surface area contributed by atoms with E-state index in [0.29, 0.717) is 17.5 Å². The van der Waals surface area contributed by atoms with E-state index in [4.69, 9.17) is 0 Å². The molecular formula is C28H28N2O2. The van der Waals surface area contributed by atoms with Gasteiger partial charge in [-0.15, -0.1) is 0 Å². The Morgan fingerprint density at radius 2 is 1.66 bits per heavy atom. The zero-order valence-corrected chi connectivity index (χ0v) is 18.5. The summed E-state index contributed by atoms with van der Waals surface area (Å²) < 4.78 is 0. The fourth-order valence-electron chi connectivity index (χ4n) is 6.58. The van der Waals surface area contributed by atoms with E-state index in [1.54, 1.807) is 0 Å². The second-order valence-electron chi connectivity index (χ2n) is 9.86. The van der Waals surface area contributed by atoms with Crippen molar-refractivity contribution in [1.82, 2.24) is 4.98 Å². The highest BCUT2D eigenvalue weighted by molar-refractivity contribution is 6.24. The molecule has 2 aromatic carbocycles. The Balaban J connectivity index is 1.44. The molecule has 3 aliphatic rings. The number of aromatic nitrogens is 1. The second-order valence-corrected chi connectivity index (χ2v) is 9.86. The first-order chi connectivity index (χ1) is 15.5. The fraction of sp³-hybridized carbons (Fsp3) is 0.357. The van der Waals surface area contributed by atoms with Gasteiger partial charge in [-0.25, -0.2) is 4.90 Å². The Bertz CT molecular complexity index is 1190. The normalized spacial score (nSPS) is 28.9. The van der Waals surface area contributed by atoms with Crippen molar-refractivity contribution < 1.29 is 9.59 Å².